The van der Waals surface area contributed by atoms with Crippen LogP contribution in [0.5, 0.6) is 0 Å². The zero-order valence-corrected chi connectivity index (χ0v) is 37.7. The zero-order chi connectivity index (χ0) is 43.0. The minimum Gasteiger partial charge on any atom is -0.452 e. The van der Waals surface area contributed by atoms with Crippen molar-refractivity contribution in [1.82, 2.24) is 0 Å². The van der Waals surface area contributed by atoms with Gasteiger partial charge in [-0.2, -0.15) is 0 Å². The van der Waals surface area contributed by atoms with E-state index in [1.807, 2.05) is 37.3 Å². The van der Waals surface area contributed by atoms with Gasteiger partial charge in [0.2, 0.25) is 0 Å². The second kappa shape index (κ2) is 20.2. The molecule has 10 atom stereocenters. The molecule has 60 heavy (non-hydrogen) atoms. The highest BCUT2D eigenvalue weighted by Crippen LogP contribution is 2.42. The Morgan fingerprint density at radius 3 is 1.57 bits per heavy atom. The number of alkyl halides is 1. The van der Waals surface area contributed by atoms with Crippen molar-refractivity contribution in [3.8, 4) is 0 Å². The van der Waals surface area contributed by atoms with Crippen molar-refractivity contribution in [2.45, 2.75) is 112 Å². The number of aliphatic hydroxyl groups is 1. The molecule has 0 radical (unpaired) electrons. The molecule has 0 aliphatic carbocycles. The van der Waals surface area contributed by atoms with Crippen molar-refractivity contribution >= 4 is 48.8 Å². The third-order valence-corrected chi connectivity index (χ3v) is 16.8. The minimum absolute atomic E-state index is 0.111. The Labute approximate surface area is 366 Å². The molecular weight excluding hydrogens is 899 g/mol. The predicted molar refractivity (Wildman–Crippen MR) is 233 cm³/mol. The van der Waals surface area contributed by atoms with Gasteiger partial charge in [0.15, 0.2) is 39.2 Å². The monoisotopic (exact) mass is 952 g/mol. The molecule has 6 rings (SSSR count). The van der Waals surface area contributed by atoms with Crippen LogP contribution in [-0.2, 0) is 44.2 Å². The highest BCUT2D eigenvalue weighted by Gasteiger charge is 2.54. The smallest absolute Gasteiger partial charge is 0.338 e. The number of aliphatic hydroxyl groups excluding tert-OH is 1. The Bertz CT molecular complexity index is 2000. The number of carbonyl (C=O) groups is 3. The van der Waals surface area contributed by atoms with Crippen LogP contribution in [-0.4, -0.2) is 97.2 Å². The molecule has 0 saturated carbocycles. The summed E-state index contributed by atoms with van der Waals surface area (Å²) in [4.78, 5) is 40.9. The summed E-state index contributed by atoms with van der Waals surface area (Å²) in [6, 6.07) is 34.4. The van der Waals surface area contributed by atoms with E-state index in [0.717, 1.165) is 5.56 Å². The van der Waals surface area contributed by atoms with Gasteiger partial charge in [-0.15, -0.1) is 0 Å². The van der Waals surface area contributed by atoms with E-state index < -0.39 is 85.5 Å². The van der Waals surface area contributed by atoms with Gasteiger partial charge in [0.1, 0.15) is 12.2 Å². The van der Waals surface area contributed by atoms with Crippen LogP contribution in [0.4, 0.5) is 0 Å². The molecule has 2 saturated heterocycles. The summed E-state index contributed by atoms with van der Waals surface area (Å²) in [5.41, 5.74) is 1.58. The van der Waals surface area contributed by atoms with E-state index in [1.54, 1.807) is 78.9 Å². The first-order valence-electron chi connectivity index (χ1n) is 20.0. The summed E-state index contributed by atoms with van der Waals surface area (Å²) in [7, 11) is -2.37. The maximum atomic E-state index is 13.8. The molecule has 2 heterocycles. The van der Waals surface area contributed by atoms with Crippen LogP contribution >= 0.6 is 22.6 Å². The molecule has 0 aromatic heterocycles. The molecule has 14 heteroatoms. The molecule has 12 nitrogen and oxygen atoms in total. The minimum atomic E-state index is -2.37. The zero-order valence-electron chi connectivity index (χ0n) is 34.6. The summed E-state index contributed by atoms with van der Waals surface area (Å²) in [5, 5.41) is 11.5. The number of carbonyl (C=O) groups excluding carboxylic acids is 3. The maximum absolute atomic E-state index is 13.8. The largest absolute Gasteiger partial charge is 0.452 e. The molecule has 4 aromatic rings. The Balaban J connectivity index is 1.30. The topological polar surface area (TPSA) is 145 Å². The van der Waals surface area contributed by atoms with E-state index in [1.165, 1.54) is 12.1 Å². The van der Waals surface area contributed by atoms with E-state index in [9.17, 15) is 19.5 Å². The van der Waals surface area contributed by atoms with Crippen LogP contribution < -0.4 is 0 Å². The van der Waals surface area contributed by atoms with E-state index in [0.29, 0.717) is 6.61 Å². The number of rotatable bonds is 14. The second-order valence-electron chi connectivity index (χ2n) is 16.4. The van der Waals surface area contributed by atoms with E-state index in [-0.39, 0.29) is 28.3 Å². The molecule has 2 aliphatic rings. The molecule has 0 bridgehead atoms. The van der Waals surface area contributed by atoms with Crippen molar-refractivity contribution in [3.63, 3.8) is 0 Å². The number of hydrogen-bond donors (Lipinski definition) is 1. The Morgan fingerprint density at radius 1 is 0.633 bits per heavy atom. The quantitative estimate of drug-likeness (QED) is 0.0431. The summed E-state index contributed by atoms with van der Waals surface area (Å²) in [5.74, 6) is -2.39. The van der Waals surface area contributed by atoms with E-state index in [2.05, 4.69) is 56.5 Å². The van der Waals surface area contributed by atoms with Crippen molar-refractivity contribution in [3.05, 3.63) is 144 Å². The average molecular weight is 953 g/mol. The van der Waals surface area contributed by atoms with Crippen LogP contribution in [0.1, 0.15) is 64.3 Å². The fraction of sp³-hybridized carbons (Fsp3) is 0.413. The fourth-order valence-electron chi connectivity index (χ4n) is 6.66. The van der Waals surface area contributed by atoms with Crippen LogP contribution in [0.2, 0.25) is 18.1 Å². The lowest BCUT2D eigenvalue weighted by Crippen LogP contribution is -2.63. The third-order valence-electron chi connectivity index (χ3n) is 11.0. The standard InChI is InChI=1S/C46H53IO12Si/c1-29-36(52-27-30-19-11-7-12-20-30)38(59-60(5,6)46(2,3)4)35(47)45(54-29)53-28-34-37(56-41(48)31-21-13-8-14-22-31)39(57-42(49)32-23-15-9-16-24-32)40(44(51)55-34)58-43(50)33-25-17-10-18-26-33/h7-26,29,34-40,44-45,51H,27-28H2,1-6H3/t29-,34-,35+,36-,37-,38-,39+,40-,44+,45+/m1/s1. The van der Waals surface area contributed by atoms with Crippen LogP contribution in [0, 0.1) is 0 Å². The average Bonchev–Trinajstić information content (AvgIpc) is 3.24. The van der Waals surface area contributed by atoms with Gasteiger partial charge in [0.05, 0.1) is 46.0 Å². The first kappa shape index (κ1) is 45.5. The lowest BCUT2D eigenvalue weighted by Gasteiger charge is -2.49. The van der Waals surface area contributed by atoms with Crippen LogP contribution in [0.25, 0.3) is 0 Å². The van der Waals surface area contributed by atoms with Gasteiger partial charge in [-0.1, -0.05) is 128 Å². The number of esters is 3. The first-order chi connectivity index (χ1) is 28.6. The summed E-state index contributed by atoms with van der Waals surface area (Å²) < 4.78 is 50.3. The van der Waals surface area contributed by atoms with Crippen LogP contribution in [0.15, 0.2) is 121 Å². The van der Waals surface area contributed by atoms with Crippen LogP contribution in [0.3, 0.4) is 0 Å². The Morgan fingerprint density at radius 2 is 1.08 bits per heavy atom. The molecule has 0 unspecified atom stereocenters. The third kappa shape index (κ3) is 11.3. The highest BCUT2D eigenvalue weighted by atomic mass is 127. The normalized spacial score (nSPS) is 27.1. The van der Waals surface area contributed by atoms with E-state index >= 15 is 0 Å². The Kier molecular flexibility index (Phi) is 15.4. The molecular formula is C46H53IO12Si. The predicted octanol–water partition coefficient (Wildman–Crippen LogP) is 7.92. The maximum Gasteiger partial charge on any atom is 0.338 e. The van der Waals surface area contributed by atoms with Crippen molar-refractivity contribution in [1.29, 1.82) is 0 Å². The van der Waals surface area contributed by atoms with Gasteiger partial charge >= 0.3 is 17.9 Å². The number of halogens is 1. The molecule has 2 aliphatic heterocycles. The highest BCUT2D eigenvalue weighted by molar-refractivity contribution is 14.1. The lowest BCUT2D eigenvalue weighted by molar-refractivity contribution is -0.302. The lowest BCUT2D eigenvalue weighted by atomic mass is 9.97. The van der Waals surface area contributed by atoms with E-state index in [4.69, 9.17) is 37.6 Å². The molecule has 320 valence electrons. The fourth-order valence-corrected chi connectivity index (χ4v) is 9.19. The van der Waals surface area contributed by atoms with Gasteiger partial charge in [-0.05, 0) is 67.0 Å². The van der Waals surface area contributed by atoms with Gasteiger partial charge < -0.3 is 42.7 Å². The van der Waals surface area contributed by atoms with Gasteiger partial charge in [-0.25, -0.2) is 14.4 Å². The molecule has 0 spiro atoms. The second-order valence-corrected chi connectivity index (χ2v) is 22.6. The SMILES string of the molecule is C[C@H]1O[C@H](OC[C@H]2O[C@H](O)[C@H](OC(=O)c3ccccc3)[C@@H](OC(=O)c3ccccc3)[C@@H]2OC(=O)c2ccccc2)[C@@H](I)[C@@H](O[Si](C)(C)C(C)(C)C)[C@@H]1OCc1ccccc1. The molecule has 2 fully saturated rings. The summed E-state index contributed by atoms with van der Waals surface area (Å²) in [6.45, 7) is 12.8. The Hall–Kier alpha value is -4.00. The van der Waals surface area contributed by atoms with Crippen molar-refractivity contribution in [2.24, 2.45) is 0 Å². The first-order valence-corrected chi connectivity index (χ1v) is 24.1. The number of hydrogen-bond acceptors (Lipinski definition) is 12. The van der Waals surface area contributed by atoms with Crippen molar-refractivity contribution < 1.29 is 57.1 Å². The molecule has 0 amide bonds. The number of ether oxygens (including phenoxy) is 7. The molecule has 4 aromatic carbocycles. The van der Waals surface area contributed by atoms with Crippen molar-refractivity contribution in [2.75, 3.05) is 6.61 Å². The molecule has 1 N–H and O–H groups in total. The summed E-state index contributed by atoms with van der Waals surface area (Å²) in [6.07, 6.45) is -9.96. The van der Waals surface area contributed by atoms with Gasteiger partial charge in [0, 0.05) is 0 Å². The van der Waals surface area contributed by atoms with Gasteiger partial charge in [-0.3, -0.25) is 0 Å². The summed E-state index contributed by atoms with van der Waals surface area (Å²) >= 11 is 2.27. The van der Waals surface area contributed by atoms with Gasteiger partial charge in [0.25, 0.3) is 0 Å². The number of benzene rings is 4.